The van der Waals surface area contributed by atoms with E-state index in [1.54, 1.807) is 12.4 Å². The summed E-state index contributed by atoms with van der Waals surface area (Å²) in [6.07, 6.45) is 7.59. The van der Waals surface area contributed by atoms with E-state index < -0.39 is 5.67 Å². The molecule has 126 valence electrons. The van der Waals surface area contributed by atoms with E-state index in [9.17, 15) is 9.18 Å². The Kier molecular flexibility index (Phi) is 3.78. The fourth-order valence-corrected chi connectivity index (χ4v) is 3.18. The van der Waals surface area contributed by atoms with Gasteiger partial charge in [0.15, 0.2) is 0 Å². The minimum Gasteiger partial charge on any atom is -0.356 e. The molecule has 1 saturated carbocycles. The number of alkyl halides is 1. The van der Waals surface area contributed by atoms with Crippen LogP contribution in [-0.2, 0) is 4.79 Å². The van der Waals surface area contributed by atoms with Crippen molar-refractivity contribution < 1.29 is 9.18 Å². The summed E-state index contributed by atoms with van der Waals surface area (Å²) in [5.74, 6) is 0.949. The van der Waals surface area contributed by atoms with Crippen molar-refractivity contribution in [2.45, 2.75) is 31.4 Å². The van der Waals surface area contributed by atoms with Gasteiger partial charge in [0.05, 0.1) is 18.3 Å². The number of piperidine rings is 1. The van der Waals surface area contributed by atoms with E-state index in [0.29, 0.717) is 25.9 Å². The molecule has 4 rings (SSSR count). The number of rotatable bonds is 4. The number of halogens is 1. The van der Waals surface area contributed by atoms with Crippen LogP contribution in [0.2, 0.25) is 0 Å². The number of nitrogens with zero attached hydrogens (tertiary/aromatic N) is 4. The molecule has 0 aromatic carbocycles. The summed E-state index contributed by atoms with van der Waals surface area (Å²) in [5, 5.41) is 3.70. The van der Waals surface area contributed by atoms with Crippen LogP contribution in [0.4, 0.5) is 10.2 Å². The number of fused-ring (bicyclic) bond motifs is 1. The maximum absolute atomic E-state index is 14.9. The van der Waals surface area contributed by atoms with Crippen LogP contribution in [0.3, 0.4) is 0 Å². The van der Waals surface area contributed by atoms with Gasteiger partial charge in [-0.1, -0.05) is 0 Å². The maximum atomic E-state index is 14.9. The smallest absolute Gasteiger partial charge is 0.223 e. The predicted octanol–water partition coefficient (Wildman–Crippen LogP) is 1.86. The Labute approximate surface area is 139 Å². The van der Waals surface area contributed by atoms with E-state index in [1.165, 1.54) is 6.33 Å². The highest BCUT2D eigenvalue weighted by Gasteiger charge is 2.37. The molecule has 2 aromatic rings. The Morgan fingerprint density at radius 2 is 2.12 bits per heavy atom. The van der Waals surface area contributed by atoms with Gasteiger partial charge in [0.25, 0.3) is 0 Å². The van der Waals surface area contributed by atoms with Crippen molar-refractivity contribution in [1.29, 1.82) is 0 Å². The first kappa shape index (κ1) is 15.2. The molecule has 0 spiro atoms. The zero-order valence-corrected chi connectivity index (χ0v) is 13.4. The highest BCUT2D eigenvalue weighted by molar-refractivity contribution is 5.88. The van der Waals surface area contributed by atoms with E-state index in [-0.39, 0.29) is 18.4 Å². The molecule has 2 aliphatic rings. The Balaban J connectivity index is 1.42. The highest BCUT2D eigenvalue weighted by Crippen LogP contribution is 2.32. The molecule has 1 aliphatic carbocycles. The molecule has 7 heteroatoms. The van der Waals surface area contributed by atoms with Crippen molar-refractivity contribution in [1.82, 2.24) is 20.3 Å². The molecule has 0 bridgehead atoms. The number of pyridine rings is 1. The molecule has 0 radical (unpaired) electrons. The number of nitrogens with one attached hydrogen (secondary N) is 1. The molecule has 2 aromatic heterocycles. The second-order valence-corrected chi connectivity index (χ2v) is 6.72. The van der Waals surface area contributed by atoms with Gasteiger partial charge < -0.3 is 10.2 Å². The van der Waals surface area contributed by atoms with Crippen LogP contribution < -0.4 is 10.2 Å². The van der Waals surface area contributed by atoms with Crippen LogP contribution in [0, 0.1) is 5.92 Å². The number of anilines is 1. The topological polar surface area (TPSA) is 71.0 Å². The van der Waals surface area contributed by atoms with Crippen LogP contribution in [-0.4, -0.2) is 46.2 Å². The van der Waals surface area contributed by atoms with E-state index in [2.05, 4.69) is 25.2 Å². The zero-order valence-electron chi connectivity index (χ0n) is 13.4. The largest absolute Gasteiger partial charge is 0.356 e. The second-order valence-electron chi connectivity index (χ2n) is 6.72. The predicted molar refractivity (Wildman–Crippen MR) is 88.4 cm³/mol. The number of aromatic nitrogens is 3. The lowest BCUT2D eigenvalue weighted by atomic mass is 9.93. The average molecular weight is 329 g/mol. The Hall–Kier alpha value is -2.31. The maximum Gasteiger partial charge on any atom is 0.223 e. The third kappa shape index (κ3) is 3.02. The van der Waals surface area contributed by atoms with E-state index in [1.807, 2.05) is 6.07 Å². The first-order valence-electron chi connectivity index (χ1n) is 8.41. The molecule has 1 saturated heterocycles. The molecule has 6 nitrogen and oxygen atoms in total. The number of carbonyl (C=O) groups excluding carboxylic acids is 1. The summed E-state index contributed by atoms with van der Waals surface area (Å²) >= 11 is 0. The Morgan fingerprint density at radius 3 is 2.88 bits per heavy atom. The minimum atomic E-state index is -1.33. The van der Waals surface area contributed by atoms with E-state index in [0.717, 1.165) is 29.6 Å². The Morgan fingerprint density at radius 1 is 1.33 bits per heavy atom. The first-order valence-corrected chi connectivity index (χ1v) is 8.41. The van der Waals surface area contributed by atoms with Gasteiger partial charge in [-0.05, 0) is 18.9 Å². The van der Waals surface area contributed by atoms with E-state index >= 15 is 0 Å². The van der Waals surface area contributed by atoms with E-state index in [4.69, 9.17) is 0 Å². The van der Waals surface area contributed by atoms with Crippen molar-refractivity contribution in [3.8, 4) is 0 Å². The van der Waals surface area contributed by atoms with Gasteiger partial charge in [-0.25, -0.2) is 14.4 Å². The SMILES string of the molecule is O=C(NCC1(F)CCN(c2ncnc3cnccc23)CC1)C1CC1. The summed E-state index contributed by atoms with van der Waals surface area (Å²) in [5.41, 5.74) is -0.540. The summed E-state index contributed by atoms with van der Waals surface area (Å²) in [7, 11) is 0. The van der Waals surface area contributed by atoms with Gasteiger partial charge in [-0.15, -0.1) is 0 Å². The monoisotopic (exact) mass is 329 g/mol. The molecule has 0 atom stereocenters. The lowest BCUT2D eigenvalue weighted by Crippen LogP contribution is -2.48. The fraction of sp³-hybridized carbons (Fsp3) is 0.529. The number of hydrogen-bond acceptors (Lipinski definition) is 5. The second kappa shape index (κ2) is 5.96. The number of amides is 1. The van der Waals surface area contributed by atoms with Crippen LogP contribution in [0.15, 0.2) is 24.8 Å². The van der Waals surface area contributed by atoms with Gasteiger partial charge in [0, 0.05) is 43.4 Å². The lowest BCUT2D eigenvalue weighted by Gasteiger charge is -2.37. The van der Waals surface area contributed by atoms with Crippen molar-refractivity contribution in [2.24, 2.45) is 5.92 Å². The summed E-state index contributed by atoms with van der Waals surface area (Å²) < 4.78 is 14.9. The molecular weight excluding hydrogens is 309 g/mol. The lowest BCUT2D eigenvalue weighted by molar-refractivity contribution is -0.123. The standard InChI is InChI=1S/C17H20FN5O/c18-17(10-20-16(24)12-1-2-12)4-7-23(8-5-17)15-13-3-6-19-9-14(13)21-11-22-15/h3,6,9,11-12H,1-2,4-5,7-8,10H2,(H,20,24). The molecular formula is C17H20FN5O. The number of carbonyl (C=O) groups is 1. The quantitative estimate of drug-likeness (QED) is 0.927. The van der Waals surface area contributed by atoms with Crippen LogP contribution in [0.5, 0.6) is 0 Å². The van der Waals surface area contributed by atoms with Crippen molar-refractivity contribution >= 4 is 22.6 Å². The van der Waals surface area contributed by atoms with Gasteiger partial charge in [0.2, 0.25) is 5.91 Å². The third-order valence-corrected chi connectivity index (χ3v) is 4.90. The van der Waals surface area contributed by atoms with Gasteiger partial charge in [-0.3, -0.25) is 9.78 Å². The highest BCUT2D eigenvalue weighted by atomic mass is 19.1. The molecule has 1 aliphatic heterocycles. The molecule has 0 unspecified atom stereocenters. The van der Waals surface area contributed by atoms with Crippen LogP contribution >= 0.6 is 0 Å². The fourth-order valence-electron chi connectivity index (χ4n) is 3.18. The van der Waals surface area contributed by atoms with Crippen molar-refractivity contribution in [2.75, 3.05) is 24.5 Å². The molecule has 24 heavy (non-hydrogen) atoms. The summed E-state index contributed by atoms with van der Waals surface area (Å²) in [6.45, 7) is 1.26. The van der Waals surface area contributed by atoms with Crippen molar-refractivity contribution in [3.05, 3.63) is 24.8 Å². The normalized spacial score (nSPS) is 20.1. The number of hydrogen-bond donors (Lipinski definition) is 1. The Bertz CT molecular complexity index is 750. The third-order valence-electron chi connectivity index (χ3n) is 4.90. The van der Waals surface area contributed by atoms with Crippen molar-refractivity contribution in [3.63, 3.8) is 0 Å². The average Bonchev–Trinajstić information content (AvgIpc) is 3.45. The summed E-state index contributed by atoms with van der Waals surface area (Å²) in [4.78, 5) is 26.5. The van der Waals surface area contributed by atoms with Gasteiger partial charge >= 0.3 is 0 Å². The zero-order chi connectivity index (χ0) is 16.6. The van der Waals surface area contributed by atoms with Crippen LogP contribution in [0.1, 0.15) is 25.7 Å². The minimum absolute atomic E-state index is 0.00347. The first-order chi connectivity index (χ1) is 11.6. The molecule has 1 N–H and O–H groups in total. The molecule has 2 fully saturated rings. The molecule has 3 heterocycles. The van der Waals surface area contributed by atoms with Crippen LogP contribution in [0.25, 0.3) is 10.9 Å². The summed E-state index contributed by atoms with van der Waals surface area (Å²) in [6, 6.07) is 1.89. The van der Waals surface area contributed by atoms with Gasteiger partial charge in [0.1, 0.15) is 17.8 Å². The molecule has 1 amide bonds. The van der Waals surface area contributed by atoms with Gasteiger partial charge in [-0.2, -0.15) is 0 Å².